The molecule has 0 fully saturated rings. The van der Waals surface area contributed by atoms with Gasteiger partial charge in [0.2, 0.25) is 0 Å². The largest absolute Gasteiger partial charge is 0.478 e. The first kappa shape index (κ1) is 19.2. The van der Waals surface area contributed by atoms with E-state index in [4.69, 9.17) is 28.3 Å². The Morgan fingerprint density at radius 3 is 2.44 bits per heavy atom. The highest BCUT2D eigenvalue weighted by Crippen LogP contribution is 2.38. The number of aliphatic carboxylic acids is 1. The van der Waals surface area contributed by atoms with Crippen molar-refractivity contribution in [3.8, 4) is 16.9 Å². The minimum absolute atomic E-state index is 0.0734. The summed E-state index contributed by atoms with van der Waals surface area (Å²) >= 11 is 12.9. The predicted octanol–water partition coefficient (Wildman–Crippen LogP) is 4.91. The second-order valence-electron chi connectivity index (χ2n) is 5.77. The lowest BCUT2D eigenvalue weighted by Gasteiger charge is -2.10. The van der Waals surface area contributed by atoms with Gasteiger partial charge in [0.25, 0.3) is 0 Å². The normalized spacial score (nSPS) is 12.4. The van der Waals surface area contributed by atoms with E-state index in [-0.39, 0.29) is 11.6 Å². The molecule has 0 aliphatic heterocycles. The third-order valence-corrected chi connectivity index (χ3v) is 4.64. The summed E-state index contributed by atoms with van der Waals surface area (Å²) in [6.07, 6.45) is 1.38. The number of rotatable bonds is 6. The van der Waals surface area contributed by atoms with E-state index in [1.165, 1.54) is 10.8 Å². The molecular weight excluding hydrogens is 387 g/mol. The summed E-state index contributed by atoms with van der Waals surface area (Å²) in [5, 5.41) is 24.7. The van der Waals surface area contributed by atoms with Crippen molar-refractivity contribution in [2.75, 3.05) is 0 Å². The number of hydrogen-bond acceptors (Lipinski definition) is 3. The smallest absolute Gasteiger partial charge is 0.327 e. The molecule has 0 radical (unpaired) electrons. The zero-order valence-corrected chi connectivity index (χ0v) is 15.6. The highest BCUT2D eigenvalue weighted by molar-refractivity contribution is 6.34. The van der Waals surface area contributed by atoms with E-state index >= 15 is 0 Å². The van der Waals surface area contributed by atoms with Crippen LogP contribution in [-0.4, -0.2) is 26.0 Å². The number of aromatic nitrogens is 2. The highest BCUT2D eigenvalue weighted by atomic mass is 35.5. The Morgan fingerprint density at radius 1 is 1.11 bits per heavy atom. The summed E-state index contributed by atoms with van der Waals surface area (Å²) in [6, 6.07) is 16.4. The molecule has 0 saturated heterocycles. The van der Waals surface area contributed by atoms with Crippen molar-refractivity contribution in [3.63, 3.8) is 0 Å². The Morgan fingerprint density at radius 2 is 1.78 bits per heavy atom. The standard InChI is InChI=1S/C20H16Cl2N2O3/c21-15-10-5-4-9-14(15)19-18(16(25)11-6-12-17(26)27)20(22)24(23-19)13-7-2-1-3-8-13/h1-10,12,16,25H,11H2,(H,26,27). The molecular formula is C20H16Cl2N2O3. The predicted molar refractivity (Wildman–Crippen MR) is 105 cm³/mol. The van der Waals surface area contributed by atoms with E-state index < -0.39 is 12.1 Å². The number of carboxylic acid groups (broad SMARTS) is 1. The van der Waals surface area contributed by atoms with Gasteiger partial charge in [-0.05, 0) is 24.6 Å². The Hall–Kier alpha value is -2.60. The molecule has 0 amide bonds. The van der Waals surface area contributed by atoms with E-state index in [1.54, 1.807) is 18.2 Å². The minimum Gasteiger partial charge on any atom is -0.478 e. The molecule has 2 aromatic carbocycles. The van der Waals surface area contributed by atoms with E-state index in [2.05, 4.69) is 5.10 Å². The fraction of sp³-hybridized carbons (Fsp3) is 0.100. The molecule has 1 atom stereocenters. The molecule has 7 heteroatoms. The number of carbonyl (C=O) groups is 1. The van der Waals surface area contributed by atoms with Gasteiger partial charge in [-0.2, -0.15) is 5.10 Å². The van der Waals surface area contributed by atoms with Crippen LogP contribution in [0.25, 0.3) is 16.9 Å². The molecule has 1 unspecified atom stereocenters. The highest BCUT2D eigenvalue weighted by Gasteiger charge is 2.25. The molecule has 3 aromatic rings. The molecule has 3 rings (SSSR count). The van der Waals surface area contributed by atoms with Crippen LogP contribution in [0.5, 0.6) is 0 Å². The Balaban J connectivity index is 2.13. The Labute approximate surface area is 166 Å². The van der Waals surface area contributed by atoms with Gasteiger partial charge in [-0.25, -0.2) is 9.48 Å². The van der Waals surface area contributed by atoms with Crippen LogP contribution in [0.2, 0.25) is 10.2 Å². The third kappa shape index (κ3) is 4.22. The minimum atomic E-state index is -1.08. The molecule has 2 N–H and O–H groups in total. The number of carboxylic acids is 1. The van der Waals surface area contributed by atoms with Gasteiger partial charge in [0.15, 0.2) is 0 Å². The molecule has 27 heavy (non-hydrogen) atoms. The molecule has 0 spiro atoms. The molecule has 5 nitrogen and oxygen atoms in total. The third-order valence-electron chi connectivity index (χ3n) is 3.95. The van der Waals surface area contributed by atoms with Gasteiger partial charge in [0.05, 0.1) is 16.8 Å². The average Bonchev–Trinajstić information content (AvgIpc) is 2.99. The lowest BCUT2D eigenvalue weighted by Crippen LogP contribution is -1.99. The van der Waals surface area contributed by atoms with Crippen LogP contribution in [0.4, 0.5) is 0 Å². The average molecular weight is 403 g/mol. The van der Waals surface area contributed by atoms with E-state index in [1.807, 2.05) is 36.4 Å². The van der Waals surface area contributed by atoms with Gasteiger partial charge in [0, 0.05) is 17.2 Å². The number of aliphatic hydroxyl groups excluding tert-OH is 1. The van der Waals surface area contributed by atoms with E-state index in [0.717, 1.165) is 11.8 Å². The van der Waals surface area contributed by atoms with Crippen molar-refractivity contribution in [2.45, 2.75) is 12.5 Å². The summed E-state index contributed by atoms with van der Waals surface area (Å²) in [7, 11) is 0. The first-order chi connectivity index (χ1) is 13.0. The second-order valence-corrected chi connectivity index (χ2v) is 6.54. The van der Waals surface area contributed by atoms with Crippen molar-refractivity contribution >= 4 is 29.2 Å². The van der Waals surface area contributed by atoms with Crippen LogP contribution in [-0.2, 0) is 4.79 Å². The molecule has 1 heterocycles. The first-order valence-electron chi connectivity index (χ1n) is 8.15. The van der Waals surface area contributed by atoms with Gasteiger partial charge in [0.1, 0.15) is 10.8 Å². The molecule has 0 aliphatic rings. The molecule has 0 saturated carbocycles. The zero-order chi connectivity index (χ0) is 19.4. The molecule has 138 valence electrons. The molecule has 0 aliphatic carbocycles. The summed E-state index contributed by atoms with van der Waals surface area (Å²) in [6.45, 7) is 0. The van der Waals surface area contributed by atoms with Crippen LogP contribution < -0.4 is 0 Å². The Kier molecular flexibility index (Phi) is 5.96. The summed E-state index contributed by atoms with van der Waals surface area (Å²) in [5.41, 5.74) is 2.21. The van der Waals surface area contributed by atoms with Crippen molar-refractivity contribution < 1.29 is 15.0 Å². The number of halogens is 2. The van der Waals surface area contributed by atoms with Crippen molar-refractivity contribution in [1.29, 1.82) is 0 Å². The number of aliphatic hydroxyl groups is 1. The maximum absolute atomic E-state index is 10.7. The lowest BCUT2D eigenvalue weighted by molar-refractivity contribution is -0.131. The lowest BCUT2D eigenvalue weighted by atomic mass is 10.0. The summed E-state index contributed by atoms with van der Waals surface area (Å²) < 4.78 is 1.53. The van der Waals surface area contributed by atoms with Gasteiger partial charge < -0.3 is 10.2 Å². The number of hydrogen-bond donors (Lipinski definition) is 2. The first-order valence-corrected chi connectivity index (χ1v) is 8.91. The number of nitrogens with zero attached hydrogens (tertiary/aromatic N) is 2. The van der Waals surface area contributed by atoms with E-state index in [9.17, 15) is 9.90 Å². The number of benzene rings is 2. The van der Waals surface area contributed by atoms with Crippen LogP contribution in [0.15, 0.2) is 66.7 Å². The van der Waals surface area contributed by atoms with Crippen LogP contribution in [0, 0.1) is 0 Å². The van der Waals surface area contributed by atoms with Gasteiger partial charge in [-0.15, -0.1) is 0 Å². The van der Waals surface area contributed by atoms with E-state index in [0.29, 0.717) is 21.8 Å². The van der Waals surface area contributed by atoms with Crippen LogP contribution in [0.3, 0.4) is 0 Å². The van der Waals surface area contributed by atoms with Crippen LogP contribution >= 0.6 is 23.2 Å². The van der Waals surface area contributed by atoms with Crippen LogP contribution in [0.1, 0.15) is 18.1 Å². The maximum Gasteiger partial charge on any atom is 0.327 e. The van der Waals surface area contributed by atoms with Crippen molar-refractivity contribution in [3.05, 3.63) is 82.5 Å². The van der Waals surface area contributed by atoms with Gasteiger partial charge >= 0.3 is 5.97 Å². The fourth-order valence-electron chi connectivity index (χ4n) is 2.71. The van der Waals surface area contributed by atoms with Gasteiger partial charge in [-0.1, -0.05) is 65.7 Å². The van der Waals surface area contributed by atoms with Crippen molar-refractivity contribution in [1.82, 2.24) is 9.78 Å². The SMILES string of the molecule is O=C(O)C=CCC(O)c1c(-c2ccccc2Cl)nn(-c2ccccc2)c1Cl. The maximum atomic E-state index is 10.7. The fourth-order valence-corrected chi connectivity index (χ4v) is 3.29. The van der Waals surface area contributed by atoms with Gasteiger partial charge in [-0.3, -0.25) is 0 Å². The molecule has 0 bridgehead atoms. The Bertz CT molecular complexity index is 984. The monoisotopic (exact) mass is 402 g/mol. The summed E-state index contributed by atoms with van der Waals surface area (Å²) in [5.74, 6) is -1.08. The zero-order valence-electron chi connectivity index (χ0n) is 14.1. The topological polar surface area (TPSA) is 75.3 Å². The van der Waals surface area contributed by atoms with Crippen molar-refractivity contribution in [2.24, 2.45) is 0 Å². The second kappa shape index (κ2) is 8.39. The molecule has 1 aromatic heterocycles. The number of para-hydroxylation sites is 1. The quantitative estimate of drug-likeness (QED) is 0.574. The summed E-state index contributed by atoms with van der Waals surface area (Å²) in [4.78, 5) is 10.7.